The molecular weight excluding hydrogens is 1340 g/mol. The Labute approximate surface area is 629 Å². The Hall–Kier alpha value is -2.98. The van der Waals surface area contributed by atoms with E-state index in [1.807, 2.05) is 0 Å². The number of carbonyl (C=O) groups is 4. The highest BCUT2D eigenvalue weighted by Gasteiger charge is 2.30. The van der Waals surface area contributed by atoms with Crippen molar-refractivity contribution in [3.05, 3.63) is 48.6 Å². The molecule has 17 nitrogen and oxygen atoms in total. The van der Waals surface area contributed by atoms with Crippen LogP contribution in [-0.2, 0) is 65.4 Å². The number of carbonyl (C=O) groups excluding carboxylic acids is 4. The highest BCUT2D eigenvalue weighted by Crippen LogP contribution is 2.45. The van der Waals surface area contributed by atoms with E-state index >= 15 is 0 Å². The number of aliphatic hydroxyl groups excluding tert-OH is 1. The molecule has 3 N–H and O–H groups in total. The maximum atomic E-state index is 13.1. The summed E-state index contributed by atoms with van der Waals surface area (Å²) < 4.78 is 68.7. The van der Waals surface area contributed by atoms with Crippen molar-refractivity contribution in [1.82, 2.24) is 0 Å². The van der Waals surface area contributed by atoms with Gasteiger partial charge in [0, 0.05) is 25.7 Å². The van der Waals surface area contributed by atoms with Gasteiger partial charge in [-0.2, -0.15) is 0 Å². The summed E-state index contributed by atoms with van der Waals surface area (Å²) in [5, 5.41) is 10.6. The zero-order chi connectivity index (χ0) is 75.5. The third kappa shape index (κ3) is 75.6. The molecule has 0 spiro atoms. The smallest absolute Gasteiger partial charge is 0.462 e. The van der Waals surface area contributed by atoms with Crippen LogP contribution in [0.4, 0.5) is 0 Å². The van der Waals surface area contributed by atoms with Crippen LogP contribution in [0.2, 0.25) is 0 Å². The predicted molar refractivity (Wildman–Crippen MR) is 423 cm³/mol. The molecule has 0 amide bonds. The summed E-state index contributed by atoms with van der Waals surface area (Å²) in [7, 11) is -9.95. The molecule has 0 rings (SSSR count). The van der Waals surface area contributed by atoms with E-state index < -0.39 is 97.5 Å². The van der Waals surface area contributed by atoms with Gasteiger partial charge < -0.3 is 33.8 Å². The van der Waals surface area contributed by atoms with Gasteiger partial charge in [-0.3, -0.25) is 37.3 Å². The van der Waals surface area contributed by atoms with E-state index in [0.29, 0.717) is 25.7 Å². The summed E-state index contributed by atoms with van der Waals surface area (Å²) in [6.45, 7) is 7.27. The molecule has 0 heterocycles. The fraction of sp³-hybridized carbons (Fsp3) is 0.857. The van der Waals surface area contributed by atoms with E-state index in [0.717, 1.165) is 128 Å². The lowest BCUT2D eigenvalue weighted by Gasteiger charge is -2.21. The van der Waals surface area contributed by atoms with Crippen LogP contribution < -0.4 is 0 Å². The Morgan fingerprint density at radius 1 is 0.311 bits per heavy atom. The second-order valence-electron chi connectivity index (χ2n) is 29.1. The first-order valence-corrected chi connectivity index (χ1v) is 45.3. The van der Waals surface area contributed by atoms with Crippen molar-refractivity contribution in [3.63, 3.8) is 0 Å². The third-order valence-electron chi connectivity index (χ3n) is 18.9. The Morgan fingerprint density at radius 2 is 0.544 bits per heavy atom. The number of aliphatic hydroxyl groups is 1. The van der Waals surface area contributed by atoms with Crippen molar-refractivity contribution in [2.75, 3.05) is 39.6 Å². The Kier molecular flexibility index (Phi) is 73.6. The Bertz CT molecular complexity index is 2150. The molecule has 3 unspecified atom stereocenters. The van der Waals surface area contributed by atoms with Crippen LogP contribution in [0, 0.1) is 5.92 Å². The maximum Gasteiger partial charge on any atom is 0.472 e. The van der Waals surface area contributed by atoms with Gasteiger partial charge in [0.1, 0.15) is 19.3 Å². The average Bonchev–Trinajstić information content (AvgIpc) is 0.921. The fourth-order valence-corrected chi connectivity index (χ4v) is 13.6. The number of unbranched alkanes of at least 4 members (excludes halogenated alkanes) is 45. The van der Waals surface area contributed by atoms with Crippen molar-refractivity contribution in [2.24, 2.45) is 5.92 Å². The second-order valence-corrected chi connectivity index (χ2v) is 32.0. The fourth-order valence-electron chi connectivity index (χ4n) is 12.0. The zero-order valence-electron chi connectivity index (χ0n) is 66.4. The van der Waals surface area contributed by atoms with E-state index in [1.165, 1.54) is 193 Å². The number of esters is 4. The lowest BCUT2D eigenvalue weighted by Crippen LogP contribution is -2.30. The molecule has 0 fully saturated rings. The third-order valence-corrected chi connectivity index (χ3v) is 20.8. The van der Waals surface area contributed by atoms with Gasteiger partial charge >= 0.3 is 39.5 Å². The molecule has 0 bridgehead atoms. The maximum absolute atomic E-state index is 13.1. The number of phosphoric acid groups is 2. The van der Waals surface area contributed by atoms with Gasteiger partial charge in [0.25, 0.3) is 0 Å². The summed E-state index contributed by atoms with van der Waals surface area (Å²) in [5.74, 6) is -1.30. The summed E-state index contributed by atoms with van der Waals surface area (Å²) in [4.78, 5) is 73.1. The van der Waals surface area contributed by atoms with Gasteiger partial charge in [0.05, 0.1) is 26.4 Å². The van der Waals surface area contributed by atoms with Crippen molar-refractivity contribution in [3.8, 4) is 0 Å². The molecule has 0 saturated heterocycles. The first-order valence-electron chi connectivity index (χ1n) is 42.3. The molecule has 0 aromatic rings. The van der Waals surface area contributed by atoms with Crippen molar-refractivity contribution < 1.29 is 80.2 Å². The number of phosphoric ester groups is 2. The molecule has 0 aromatic heterocycles. The first-order chi connectivity index (χ1) is 50.1. The largest absolute Gasteiger partial charge is 0.472 e. The molecule has 0 aliphatic heterocycles. The highest BCUT2D eigenvalue weighted by molar-refractivity contribution is 7.47. The van der Waals surface area contributed by atoms with Crippen molar-refractivity contribution >= 4 is 39.5 Å². The summed E-state index contributed by atoms with van der Waals surface area (Å²) in [6, 6.07) is 0. The molecule has 0 radical (unpaired) electrons. The minimum absolute atomic E-state index is 0.0833. The van der Waals surface area contributed by atoms with Crippen LogP contribution in [0.1, 0.15) is 401 Å². The van der Waals surface area contributed by atoms with Crippen LogP contribution in [0.5, 0.6) is 0 Å². The lowest BCUT2D eigenvalue weighted by molar-refractivity contribution is -0.161. The monoisotopic (exact) mass is 1500 g/mol. The quantitative estimate of drug-likeness (QED) is 0.0169. The molecule has 19 heteroatoms. The lowest BCUT2D eigenvalue weighted by atomic mass is 9.99. The standard InChI is InChI=1S/C84H156O17P2/c1-6-10-13-16-19-22-25-27-33-38-43-48-53-58-63-68-82(87)95-74-80(101-84(89)70-65-60-55-50-45-40-36-32-30-29-31-35-37-42-46-51-56-61-66-77(5)9-4)76-99-103(92,93)97-72-78(85)71-96-102(90,91)98-75-79(73-94-81(86)67-62-57-52-47-41-24-21-18-15-12-8-3)100-83(88)69-64-59-54-49-44-39-34-28-26-23-20-17-14-11-7-2/h22-23,25-28,33-34,77-80,85H,6-21,24,29-32,35-76H2,1-5H3,(H,90,91)(H,92,93)/b25-22-,26-23-,33-27-,34-28-/t77?,78-,79+,80+/m0/s1. The van der Waals surface area contributed by atoms with Gasteiger partial charge in [-0.15, -0.1) is 0 Å². The number of hydrogen-bond donors (Lipinski definition) is 3. The van der Waals surface area contributed by atoms with Crippen molar-refractivity contribution in [2.45, 2.75) is 419 Å². The molecule has 6 atom stereocenters. The van der Waals surface area contributed by atoms with Crippen LogP contribution in [0.3, 0.4) is 0 Å². The summed E-state index contributed by atoms with van der Waals surface area (Å²) >= 11 is 0. The van der Waals surface area contributed by atoms with Gasteiger partial charge in [-0.05, 0) is 83.0 Å². The van der Waals surface area contributed by atoms with E-state index in [9.17, 15) is 43.2 Å². The number of rotatable bonds is 80. The van der Waals surface area contributed by atoms with Crippen molar-refractivity contribution in [1.29, 1.82) is 0 Å². The Morgan fingerprint density at radius 3 is 0.825 bits per heavy atom. The number of ether oxygens (including phenoxy) is 4. The molecule has 0 aliphatic carbocycles. The Balaban J connectivity index is 5.28. The molecule has 0 aromatic carbocycles. The number of allylic oxidation sites excluding steroid dienone is 8. The van der Waals surface area contributed by atoms with Crippen LogP contribution >= 0.6 is 15.6 Å². The van der Waals surface area contributed by atoms with Gasteiger partial charge in [0.15, 0.2) is 12.2 Å². The summed E-state index contributed by atoms with van der Waals surface area (Å²) in [6.07, 6.45) is 73.7. The molecule has 0 saturated carbocycles. The molecule has 604 valence electrons. The molecule has 103 heavy (non-hydrogen) atoms. The predicted octanol–water partition coefficient (Wildman–Crippen LogP) is 24.7. The van der Waals surface area contributed by atoms with E-state index in [2.05, 4.69) is 83.2 Å². The van der Waals surface area contributed by atoms with Gasteiger partial charge in [-0.25, -0.2) is 9.13 Å². The van der Waals surface area contributed by atoms with Crippen LogP contribution in [0.25, 0.3) is 0 Å². The minimum Gasteiger partial charge on any atom is -0.462 e. The van der Waals surface area contributed by atoms with Crippen LogP contribution in [-0.4, -0.2) is 96.7 Å². The second kappa shape index (κ2) is 75.8. The average molecular weight is 1500 g/mol. The normalized spacial score (nSPS) is 14.4. The van der Waals surface area contributed by atoms with E-state index in [-0.39, 0.29) is 25.7 Å². The van der Waals surface area contributed by atoms with Crippen LogP contribution in [0.15, 0.2) is 48.6 Å². The summed E-state index contributed by atoms with van der Waals surface area (Å²) in [5.41, 5.74) is 0. The van der Waals surface area contributed by atoms with Gasteiger partial charge in [-0.1, -0.05) is 346 Å². The molecular formula is C84H156O17P2. The minimum atomic E-state index is -4.97. The SMILES string of the molecule is CCCCCC/C=C\C=C/CCCCCCCC(=O)OC[C@H](COP(=O)(O)OC[C@@H](O)COP(=O)(O)OC[C@@H](COC(=O)CCCCCCCCCCCCC)OC(=O)CCCCCCC/C=C\C=C/CCCCCC)OC(=O)CCCCCCCCCCCCCCCCCCCCC(C)CC. The van der Waals surface area contributed by atoms with E-state index in [4.69, 9.17) is 37.0 Å². The topological polar surface area (TPSA) is 237 Å². The van der Waals surface area contributed by atoms with E-state index in [1.54, 1.807) is 0 Å². The number of hydrogen-bond acceptors (Lipinski definition) is 15. The highest BCUT2D eigenvalue weighted by atomic mass is 31.2. The van der Waals surface area contributed by atoms with Gasteiger partial charge in [0.2, 0.25) is 0 Å². The zero-order valence-corrected chi connectivity index (χ0v) is 68.2. The first kappa shape index (κ1) is 100. The molecule has 0 aliphatic rings.